The first-order valence-corrected chi connectivity index (χ1v) is 5.83. The number of aromatic nitrogens is 4. The van der Waals surface area contributed by atoms with Gasteiger partial charge in [-0.15, -0.1) is 0 Å². The predicted octanol–water partition coefficient (Wildman–Crippen LogP) is 2.19. The van der Waals surface area contributed by atoms with Crippen LogP contribution < -0.4 is 0 Å². The molecule has 0 bridgehead atoms. The smallest absolute Gasteiger partial charge is 0.155 e. The normalized spacial score (nSPS) is 10.2. The van der Waals surface area contributed by atoms with Gasteiger partial charge in [0.1, 0.15) is 21.0 Å². The summed E-state index contributed by atoms with van der Waals surface area (Å²) in [5.74, 6) is 0.506. The zero-order valence-corrected chi connectivity index (χ0v) is 10.4. The Hall–Kier alpha value is -1.53. The first kappa shape index (κ1) is 11.9. The van der Waals surface area contributed by atoms with Crippen molar-refractivity contribution in [3.8, 4) is 0 Å². The van der Waals surface area contributed by atoms with E-state index in [1.165, 1.54) is 11.8 Å². The van der Waals surface area contributed by atoms with Crippen LogP contribution in [0.1, 0.15) is 16.2 Å². The minimum Gasteiger partial charge on any atom is -0.298 e. The fraction of sp³-hybridized carbons (Fsp3) is 0.100. The summed E-state index contributed by atoms with van der Waals surface area (Å²) in [6, 6.07) is 0. The lowest BCUT2D eigenvalue weighted by Gasteiger charge is -2.04. The molecule has 2 rings (SSSR count). The Balaban J connectivity index is 2.41. The van der Waals surface area contributed by atoms with Crippen molar-refractivity contribution in [2.24, 2.45) is 0 Å². The molecule has 0 amide bonds. The van der Waals surface area contributed by atoms with Gasteiger partial charge in [0.05, 0.1) is 11.8 Å². The Kier molecular flexibility index (Phi) is 3.65. The van der Waals surface area contributed by atoms with Crippen LogP contribution in [-0.2, 0) is 0 Å². The highest BCUT2D eigenvalue weighted by atomic mass is 35.5. The fourth-order valence-electron chi connectivity index (χ4n) is 1.14. The zero-order chi connectivity index (χ0) is 12.3. The van der Waals surface area contributed by atoms with Gasteiger partial charge in [0, 0.05) is 12.4 Å². The first-order chi connectivity index (χ1) is 8.20. The third kappa shape index (κ3) is 2.78. The summed E-state index contributed by atoms with van der Waals surface area (Å²) in [7, 11) is 0. The maximum absolute atomic E-state index is 10.9. The van der Waals surface area contributed by atoms with E-state index in [0.29, 0.717) is 22.2 Å². The van der Waals surface area contributed by atoms with Gasteiger partial charge in [0.25, 0.3) is 0 Å². The highest BCUT2D eigenvalue weighted by Gasteiger charge is 2.12. The molecule has 5 nitrogen and oxygen atoms in total. The average Bonchev–Trinajstić information content (AvgIpc) is 2.30. The van der Waals surface area contributed by atoms with E-state index in [1.54, 1.807) is 25.5 Å². The van der Waals surface area contributed by atoms with Gasteiger partial charge in [-0.25, -0.2) is 15.0 Å². The molecule has 0 fully saturated rings. The summed E-state index contributed by atoms with van der Waals surface area (Å²) >= 11 is 7.10. The molecular weight excluding hydrogens is 260 g/mol. The highest BCUT2D eigenvalue weighted by Crippen LogP contribution is 2.28. The van der Waals surface area contributed by atoms with Gasteiger partial charge < -0.3 is 0 Å². The monoisotopic (exact) mass is 266 g/mol. The number of carbonyl (C=O) groups excluding carboxylic acids is 1. The second kappa shape index (κ2) is 5.20. The molecule has 7 heteroatoms. The fourth-order valence-corrected chi connectivity index (χ4v) is 2.31. The maximum atomic E-state index is 10.9. The van der Waals surface area contributed by atoms with E-state index in [0.717, 1.165) is 0 Å². The molecule has 0 saturated heterocycles. The van der Waals surface area contributed by atoms with E-state index in [2.05, 4.69) is 19.9 Å². The van der Waals surface area contributed by atoms with Crippen LogP contribution in [0.5, 0.6) is 0 Å². The minimum absolute atomic E-state index is 0.152. The van der Waals surface area contributed by atoms with E-state index in [-0.39, 0.29) is 10.7 Å². The van der Waals surface area contributed by atoms with Crippen molar-refractivity contribution in [1.29, 1.82) is 0 Å². The van der Waals surface area contributed by atoms with Crippen LogP contribution in [-0.4, -0.2) is 26.2 Å². The summed E-state index contributed by atoms with van der Waals surface area (Å²) in [6.07, 6.45) is 5.37. The van der Waals surface area contributed by atoms with Crippen molar-refractivity contribution in [2.75, 3.05) is 0 Å². The summed E-state index contributed by atoms with van der Waals surface area (Å²) in [4.78, 5) is 27.0. The molecule has 0 spiro atoms. The zero-order valence-electron chi connectivity index (χ0n) is 8.79. The van der Waals surface area contributed by atoms with Gasteiger partial charge in [-0.2, -0.15) is 0 Å². The molecule has 2 aromatic heterocycles. The lowest BCUT2D eigenvalue weighted by molar-refractivity contribution is 0.112. The Morgan fingerprint density at radius 2 is 2.18 bits per heavy atom. The Labute approximate surface area is 107 Å². The number of halogens is 1. The number of nitrogens with zero attached hydrogens (tertiary/aromatic N) is 4. The largest absolute Gasteiger partial charge is 0.298 e. The summed E-state index contributed by atoms with van der Waals surface area (Å²) in [5, 5.41) is 1.28. The molecule has 0 unspecified atom stereocenters. The molecule has 2 heterocycles. The van der Waals surface area contributed by atoms with Crippen LogP contribution in [0, 0.1) is 6.92 Å². The van der Waals surface area contributed by atoms with Crippen molar-refractivity contribution >= 4 is 29.6 Å². The molecule has 0 aliphatic heterocycles. The number of hydrogen-bond donors (Lipinski definition) is 0. The standard InChI is InChI=1S/C10H7ClN4OS/c1-6-14-9(11)7(5-16)10(15-6)17-8-4-12-2-3-13-8/h2-5H,1H3. The molecule has 86 valence electrons. The topological polar surface area (TPSA) is 68.6 Å². The van der Waals surface area contributed by atoms with Crippen molar-refractivity contribution in [1.82, 2.24) is 19.9 Å². The van der Waals surface area contributed by atoms with Crippen molar-refractivity contribution < 1.29 is 4.79 Å². The van der Waals surface area contributed by atoms with Gasteiger partial charge in [0.2, 0.25) is 0 Å². The van der Waals surface area contributed by atoms with Crippen LogP contribution in [0.4, 0.5) is 0 Å². The third-order valence-corrected chi connectivity index (χ3v) is 3.05. The van der Waals surface area contributed by atoms with Crippen LogP contribution in [0.3, 0.4) is 0 Å². The SMILES string of the molecule is Cc1nc(Cl)c(C=O)c(Sc2cnccn2)n1. The first-order valence-electron chi connectivity index (χ1n) is 4.64. The van der Waals surface area contributed by atoms with E-state index < -0.39 is 0 Å². The Morgan fingerprint density at radius 3 is 2.82 bits per heavy atom. The quantitative estimate of drug-likeness (QED) is 0.627. The second-order valence-electron chi connectivity index (χ2n) is 3.04. The van der Waals surface area contributed by atoms with Gasteiger partial charge in [-0.1, -0.05) is 11.6 Å². The van der Waals surface area contributed by atoms with Gasteiger partial charge in [-0.05, 0) is 18.7 Å². The van der Waals surface area contributed by atoms with E-state index in [4.69, 9.17) is 11.6 Å². The van der Waals surface area contributed by atoms with Gasteiger partial charge in [-0.3, -0.25) is 9.78 Å². The van der Waals surface area contributed by atoms with Crippen molar-refractivity contribution in [2.45, 2.75) is 17.0 Å². The van der Waals surface area contributed by atoms with Crippen LogP contribution in [0.15, 0.2) is 28.6 Å². The lowest BCUT2D eigenvalue weighted by atomic mass is 10.4. The summed E-state index contributed by atoms with van der Waals surface area (Å²) in [6.45, 7) is 1.71. The minimum atomic E-state index is 0.152. The number of aryl methyl sites for hydroxylation is 1. The van der Waals surface area contributed by atoms with E-state index >= 15 is 0 Å². The molecule has 0 N–H and O–H groups in total. The van der Waals surface area contributed by atoms with E-state index in [9.17, 15) is 4.79 Å². The number of aldehydes is 1. The molecule has 2 aromatic rings. The maximum Gasteiger partial charge on any atom is 0.155 e. The average molecular weight is 267 g/mol. The lowest BCUT2D eigenvalue weighted by Crippen LogP contribution is -1.98. The number of carbonyl (C=O) groups is 1. The third-order valence-electron chi connectivity index (χ3n) is 1.83. The highest BCUT2D eigenvalue weighted by molar-refractivity contribution is 7.99. The van der Waals surface area contributed by atoms with Crippen LogP contribution in [0.25, 0.3) is 0 Å². The molecular formula is C10H7ClN4OS. The predicted molar refractivity (Wildman–Crippen MR) is 63.3 cm³/mol. The Bertz CT molecular complexity index is 550. The molecule has 0 atom stereocenters. The summed E-state index contributed by atoms with van der Waals surface area (Å²) < 4.78 is 0. The summed E-state index contributed by atoms with van der Waals surface area (Å²) in [5.41, 5.74) is 0.271. The molecule has 0 radical (unpaired) electrons. The van der Waals surface area contributed by atoms with Crippen LogP contribution >= 0.6 is 23.4 Å². The Morgan fingerprint density at radius 1 is 1.35 bits per heavy atom. The van der Waals surface area contributed by atoms with Gasteiger partial charge >= 0.3 is 0 Å². The van der Waals surface area contributed by atoms with Gasteiger partial charge in [0.15, 0.2) is 6.29 Å². The number of hydrogen-bond acceptors (Lipinski definition) is 6. The number of rotatable bonds is 3. The molecule has 17 heavy (non-hydrogen) atoms. The van der Waals surface area contributed by atoms with Crippen molar-refractivity contribution in [3.05, 3.63) is 35.1 Å². The van der Waals surface area contributed by atoms with Crippen LogP contribution in [0.2, 0.25) is 5.15 Å². The molecule has 0 aliphatic rings. The second-order valence-corrected chi connectivity index (χ2v) is 4.41. The van der Waals surface area contributed by atoms with E-state index in [1.807, 2.05) is 0 Å². The molecule has 0 aromatic carbocycles. The molecule has 0 saturated carbocycles. The molecule has 0 aliphatic carbocycles. The van der Waals surface area contributed by atoms with Crippen molar-refractivity contribution in [3.63, 3.8) is 0 Å².